The van der Waals surface area contributed by atoms with Crippen LogP contribution in [-0.2, 0) is 34.9 Å². The maximum Gasteiger partial charge on any atom is 0.416 e. The molecule has 1 aliphatic rings. The van der Waals surface area contributed by atoms with Gasteiger partial charge in [0.15, 0.2) is 6.29 Å². The van der Waals surface area contributed by atoms with Crippen molar-refractivity contribution in [3.05, 3.63) is 82.2 Å². The van der Waals surface area contributed by atoms with E-state index in [4.69, 9.17) is 9.47 Å². The van der Waals surface area contributed by atoms with Gasteiger partial charge in [0.1, 0.15) is 11.4 Å². The van der Waals surface area contributed by atoms with Crippen molar-refractivity contribution in [2.24, 2.45) is 0 Å². The van der Waals surface area contributed by atoms with E-state index in [-0.39, 0.29) is 18.2 Å². The molecule has 2 heterocycles. The minimum absolute atomic E-state index is 0.102. The van der Waals surface area contributed by atoms with Crippen LogP contribution in [0.1, 0.15) is 52.7 Å². The molecule has 0 radical (unpaired) electrons. The Morgan fingerprint density at radius 2 is 1.62 bits per heavy atom. The SMILES string of the molecule is C[C@@H](OC1OCCN(Cc2n[nH]nc2CN(C)C)C1c1ccccc1)c1cc(C(F)(F)F)cc(C(F)(F)F)c1. The molecule has 4 rings (SSSR count). The van der Waals surface area contributed by atoms with Crippen molar-refractivity contribution < 1.29 is 35.8 Å². The number of ether oxygens (including phenoxy) is 2. The van der Waals surface area contributed by atoms with Gasteiger partial charge in [0.2, 0.25) is 0 Å². The molecule has 3 atom stereocenters. The van der Waals surface area contributed by atoms with E-state index < -0.39 is 41.9 Å². The molecule has 2 aromatic carbocycles. The first-order chi connectivity index (χ1) is 18.3. The number of hydrogen-bond acceptors (Lipinski definition) is 6. The van der Waals surface area contributed by atoms with E-state index >= 15 is 0 Å². The number of morpholine rings is 1. The van der Waals surface area contributed by atoms with E-state index in [1.165, 1.54) is 6.92 Å². The molecule has 1 saturated heterocycles. The molecule has 1 fully saturated rings. The van der Waals surface area contributed by atoms with Crippen LogP contribution in [0.5, 0.6) is 0 Å². The number of nitrogens with one attached hydrogen (secondary N) is 1. The van der Waals surface area contributed by atoms with Crippen LogP contribution >= 0.6 is 0 Å². The molecule has 39 heavy (non-hydrogen) atoms. The third kappa shape index (κ3) is 7.15. The normalized spacial score (nSPS) is 19.9. The maximum atomic E-state index is 13.4. The van der Waals surface area contributed by atoms with Gasteiger partial charge in [0, 0.05) is 19.6 Å². The molecule has 0 aliphatic carbocycles. The van der Waals surface area contributed by atoms with E-state index in [1.807, 2.05) is 49.3 Å². The molecule has 0 amide bonds. The second-order valence-corrected chi connectivity index (χ2v) is 9.64. The highest BCUT2D eigenvalue weighted by molar-refractivity contribution is 5.34. The van der Waals surface area contributed by atoms with Crippen LogP contribution in [0.15, 0.2) is 48.5 Å². The van der Waals surface area contributed by atoms with Crippen molar-refractivity contribution in [1.82, 2.24) is 25.2 Å². The molecular formula is C26H29F6N5O2. The Labute approximate surface area is 221 Å². The summed E-state index contributed by atoms with van der Waals surface area (Å²) < 4.78 is 92.6. The molecule has 1 aliphatic heterocycles. The van der Waals surface area contributed by atoms with Gasteiger partial charge in [-0.05, 0) is 50.3 Å². The summed E-state index contributed by atoms with van der Waals surface area (Å²) in [5, 5.41) is 11.2. The summed E-state index contributed by atoms with van der Waals surface area (Å²) in [6, 6.07) is 10.2. The predicted octanol–water partition coefficient (Wildman–Crippen LogP) is 5.58. The van der Waals surface area contributed by atoms with Crippen molar-refractivity contribution in [1.29, 1.82) is 0 Å². The van der Waals surface area contributed by atoms with Gasteiger partial charge in [-0.1, -0.05) is 30.3 Å². The van der Waals surface area contributed by atoms with E-state index in [2.05, 4.69) is 20.3 Å². The maximum absolute atomic E-state index is 13.4. The molecule has 212 valence electrons. The molecule has 3 aromatic rings. The lowest BCUT2D eigenvalue weighted by Gasteiger charge is -2.42. The fraction of sp³-hybridized carbons (Fsp3) is 0.462. The molecule has 13 heteroatoms. The van der Waals surface area contributed by atoms with Crippen molar-refractivity contribution in [3.8, 4) is 0 Å². The minimum atomic E-state index is -4.96. The van der Waals surface area contributed by atoms with E-state index in [0.717, 1.165) is 11.3 Å². The van der Waals surface area contributed by atoms with Crippen molar-refractivity contribution >= 4 is 0 Å². The number of nitrogens with zero attached hydrogens (tertiary/aromatic N) is 4. The summed E-state index contributed by atoms with van der Waals surface area (Å²) in [7, 11) is 3.81. The van der Waals surface area contributed by atoms with E-state index in [9.17, 15) is 26.3 Å². The molecule has 2 unspecified atom stereocenters. The van der Waals surface area contributed by atoms with Crippen molar-refractivity contribution in [2.75, 3.05) is 27.2 Å². The number of alkyl halides is 6. The van der Waals surface area contributed by atoms with Gasteiger partial charge in [0.05, 0.1) is 29.9 Å². The zero-order valence-corrected chi connectivity index (χ0v) is 21.6. The average Bonchev–Trinajstić information content (AvgIpc) is 3.29. The van der Waals surface area contributed by atoms with Crippen LogP contribution in [0.4, 0.5) is 26.3 Å². The Bertz CT molecular complexity index is 1200. The Morgan fingerprint density at radius 1 is 1.00 bits per heavy atom. The summed E-state index contributed by atoms with van der Waals surface area (Å²) >= 11 is 0. The second kappa shape index (κ2) is 11.6. The van der Waals surface area contributed by atoms with Gasteiger partial charge in [0.25, 0.3) is 0 Å². The zero-order chi connectivity index (χ0) is 28.4. The number of H-pyrrole nitrogens is 1. The number of aromatic amines is 1. The fourth-order valence-electron chi connectivity index (χ4n) is 4.51. The van der Waals surface area contributed by atoms with E-state index in [0.29, 0.717) is 37.5 Å². The Kier molecular flexibility index (Phi) is 8.64. The molecular weight excluding hydrogens is 528 g/mol. The average molecular weight is 558 g/mol. The van der Waals surface area contributed by atoms with Gasteiger partial charge >= 0.3 is 12.4 Å². The lowest BCUT2D eigenvalue weighted by atomic mass is 10.0. The molecule has 0 saturated carbocycles. The largest absolute Gasteiger partial charge is 0.416 e. The lowest BCUT2D eigenvalue weighted by molar-refractivity contribution is -0.231. The molecule has 1 aromatic heterocycles. The number of aromatic nitrogens is 3. The molecule has 1 N–H and O–H groups in total. The quantitative estimate of drug-likeness (QED) is 0.365. The summed E-state index contributed by atoms with van der Waals surface area (Å²) in [5.41, 5.74) is -0.763. The summed E-state index contributed by atoms with van der Waals surface area (Å²) in [6.45, 7) is 3.06. The van der Waals surface area contributed by atoms with E-state index in [1.54, 1.807) is 0 Å². The standard InChI is InChI=1S/C26H29F6N5O2/c1-16(18-11-19(25(27,28)29)13-20(12-18)26(30,31)32)39-24-23(17-7-5-4-6-8-17)37(9-10-38-24)15-22-21(14-36(2)3)33-35-34-22/h4-8,11-13,16,23-24H,9-10,14-15H2,1-3H3,(H,33,34,35)/t16-,23?,24?/m1/s1. The van der Waals surface area contributed by atoms with Crippen LogP contribution in [0.2, 0.25) is 0 Å². The summed E-state index contributed by atoms with van der Waals surface area (Å²) in [6.07, 6.45) is -12.0. The van der Waals surface area contributed by atoms with Crippen LogP contribution in [0, 0.1) is 0 Å². The van der Waals surface area contributed by atoms with Crippen molar-refractivity contribution in [2.45, 2.75) is 50.8 Å². The lowest BCUT2D eigenvalue weighted by Crippen LogP contribution is -2.46. The van der Waals surface area contributed by atoms with Gasteiger partial charge < -0.3 is 14.4 Å². The number of benzene rings is 2. The topological polar surface area (TPSA) is 66.5 Å². The minimum Gasteiger partial charge on any atom is -0.349 e. The molecule has 0 bridgehead atoms. The summed E-state index contributed by atoms with van der Waals surface area (Å²) in [5.74, 6) is 0. The summed E-state index contributed by atoms with van der Waals surface area (Å²) in [4.78, 5) is 4.01. The molecule has 0 spiro atoms. The zero-order valence-electron chi connectivity index (χ0n) is 21.6. The first kappa shape index (κ1) is 29.0. The van der Waals surface area contributed by atoms with Gasteiger partial charge in [-0.15, -0.1) is 0 Å². The fourth-order valence-corrected chi connectivity index (χ4v) is 4.51. The highest BCUT2D eigenvalue weighted by Crippen LogP contribution is 2.39. The Morgan fingerprint density at radius 3 is 2.21 bits per heavy atom. The second-order valence-electron chi connectivity index (χ2n) is 9.64. The predicted molar refractivity (Wildman–Crippen MR) is 129 cm³/mol. The van der Waals surface area contributed by atoms with Gasteiger partial charge in [-0.25, -0.2) is 0 Å². The van der Waals surface area contributed by atoms with Crippen molar-refractivity contribution in [3.63, 3.8) is 0 Å². The van der Waals surface area contributed by atoms with Crippen LogP contribution in [0.3, 0.4) is 0 Å². The number of rotatable bonds is 8. The Balaban J connectivity index is 1.64. The first-order valence-corrected chi connectivity index (χ1v) is 12.2. The van der Waals surface area contributed by atoms with Gasteiger partial charge in [-0.3, -0.25) is 4.90 Å². The van der Waals surface area contributed by atoms with Gasteiger partial charge in [-0.2, -0.15) is 41.8 Å². The van der Waals surface area contributed by atoms with Crippen LogP contribution in [0.25, 0.3) is 0 Å². The van der Waals surface area contributed by atoms with Crippen LogP contribution in [-0.4, -0.2) is 58.7 Å². The third-order valence-electron chi connectivity index (χ3n) is 6.39. The molecule has 7 nitrogen and oxygen atoms in total. The third-order valence-corrected chi connectivity index (χ3v) is 6.39. The van der Waals surface area contributed by atoms with Crippen LogP contribution < -0.4 is 0 Å². The highest BCUT2D eigenvalue weighted by atomic mass is 19.4. The first-order valence-electron chi connectivity index (χ1n) is 12.2. The number of hydrogen-bond donors (Lipinski definition) is 1. The number of halogens is 6. The monoisotopic (exact) mass is 557 g/mol. The smallest absolute Gasteiger partial charge is 0.349 e. The highest BCUT2D eigenvalue weighted by Gasteiger charge is 2.39. The Hall–Kier alpha value is -3.00.